The Kier molecular flexibility index (Phi) is 4.10. The van der Waals surface area contributed by atoms with Crippen LogP contribution < -0.4 is 0 Å². The van der Waals surface area contributed by atoms with Crippen molar-refractivity contribution in [3.05, 3.63) is 29.8 Å². The van der Waals surface area contributed by atoms with Crippen molar-refractivity contribution in [2.75, 3.05) is 13.2 Å². The van der Waals surface area contributed by atoms with Crippen molar-refractivity contribution in [3.63, 3.8) is 0 Å². The van der Waals surface area contributed by atoms with Gasteiger partial charge in [0.15, 0.2) is 5.72 Å². The number of nitrogens with zero attached hydrogens (tertiary/aromatic N) is 2. The second-order valence-corrected chi connectivity index (χ2v) is 9.54. The summed E-state index contributed by atoms with van der Waals surface area (Å²) in [7, 11) is -3.86. The maximum Gasteiger partial charge on any atom is 0.335 e. The molecule has 0 bridgehead atoms. The molecule has 3 saturated heterocycles. The SMILES string of the molecule is CC(C)[C@@H]1CO[C@@]23CCN(S(=O)(=O)c4ccc(C(=O)O)cc4)[C@@H]2CC(=O)N13. The maximum atomic E-state index is 13.2. The zero-order chi connectivity index (χ0) is 19.6. The molecule has 27 heavy (non-hydrogen) atoms. The van der Waals surface area contributed by atoms with E-state index in [4.69, 9.17) is 9.84 Å². The standard InChI is InChI=1S/C18H22N2O6S/c1-11(2)14-10-26-18-7-8-19(15(18)9-16(21)20(14)18)27(24,25)13-5-3-12(4-6-13)17(22)23/h3-6,11,14-15H,7-10H2,1-2H3,(H,22,23)/t14-,15+,18-/m0/s1. The van der Waals surface area contributed by atoms with Crippen LogP contribution in [0.4, 0.5) is 0 Å². The molecule has 4 rings (SSSR count). The number of carboxylic acids is 1. The minimum absolute atomic E-state index is 0.0213. The van der Waals surface area contributed by atoms with Crippen LogP contribution in [-0.4, -0.2) is 65.6 Å². The number of carboxylic acid groups (broad SMARTS) is 1. The summed E-state index contributed by atoms with van der Waals surface area (Å²) in [5, 5.41) is 8.99. The van der Waals surface area contributed by atoms with Crippen molar-refractivity contribution >= 4 is 21.9 Å². The summed E-state index contributed by atoms with van der Waals surface area (Å²) >= 11 is 0. The smallest absolute Gasteiger partial charge is 0.335 e. The van der Waals surface area contributed by atoms with Crippen LogP contribution in [0.1, 0.15) is 37.0 Å². The van der Waals surface area contributed by atoms with Crippen LogP contribution in [-0.2, 0) is 19.6 Å². The van der Waals surface area contributed by atoms with Gasteiger partial charge in [-0.25, -0.2) is 13.2 Å². The van der Waals surface area contributed by atoms with E-state index < -0.39 is 27.8 Å². The van der Waals surface area contributed by atoms with E-state index in [2.05, 4.69) is 0 Å². The third-order valence-electron chi connectivity index (χ3n) is 5.92. The van der Waals surface area contributed by atoms with Crippen LogP contribution >= 0.6 is 0 Å². The molecule has 146 valence electrons. The Morgan fingerprint density at radius 3 is 2.56 bits per heavy atom. The first-order chi connectivity index (χ1) is 12.7. The molecule has 0 radical (unpaired) electrons. The van der Waals surface area contributed by atoms with Gasteiger partial charge in [-0.15, -0.1) is 0 Å². The highest BCUT2D eigenvalue weighted by Gasteiger charge is 2.66. The number of benzene rings is 1. The minimum atomic E-state index is -3.86. The lowest BCUT2D eigenvalue weighted by Gasteiger charge is -2.34. The van der Waals surface area contributed by atoms with Gasteiger partial charge >= 0.3 is 5.97 Å². The summed E-state index contributed by atoms with van der Waals surface area (Å²) in [6.45, 7) is 4.74. The Balaban J connectivity index is 1.67. The van der Waals surface area contributed by atoms with Crippen molar-refractivity contribution < 1.29 is 27.9 Å². The molecule has 1 amide bonds. The van der Waals surface area contributed by atoms with E-state index in [1.165, 1.54) is 28.6 Å². The lowest BCUT2D eigenvalue weighted by molar-refractivity contribution is -0.139. The third-order valence-corrected chi connectivity index (χ3v) is 7.84. The van der Waals surface area contributed by atoms with Gasteiger partial charge in [-0.05, 0) is 30.2 Å². The number of amides is 1. The number of sulfonamides is 1. The zero-order valence-electron chi connectivity index (χ0n) is 15.2. The summed E-state index contributed by atoms with van der Waals surface area (Å²) in [6, 6.07) is 4.54. The molecule has 1 N–H and O–H groups in total. The molecule has 0 aliphatic carbocycles. The van der Waals surface area contributed by atoms with Gasteiger partial charge in [-0.1, -0.05) is 13.8 Å². The number of ether oxygens (including phenoxy) is 1. The molecule has 1 aromatic carbocycles. The van der Waals surface area contributed by atoms with Crippen molar-refractivity contribution in [1.29, 1.82) is 0 Å². The Morgan fingerprint density at radius 1 is 1.30 bits per heavy atom. The molecule has 3 atom stereocenters. The molecule has 0 saturated carbocycles. The first-order valence-electron chi connectivity index (χ1n) is 9.00. The molecule has 1 aromatic rings. The number of carbonyl (C=O) groups is 2. The second-order valence-electron chi connectivity index (χ2n) is 7.65. The zero-order valence-corrected chi connectivity index (χ0v) is 16.0. The summed E-state index contributed by atoms with van der Waals surface area (Å²) in [4.78, 5) is 25.5. The Labute approximate surface area is 157 Å². The van der Waals surface area contributed by atoms with E-state index in [0.717, 1.165) is 0 Å². The van der Waals surface area contributed by atoms with Crippen molar-refractivity contribution in [2.45, 2.75) is 49.4 Å². The van der Waals surface area contributed by atoms with E-state index in [1.54, 1.807) is 4.90 Å². The molecule has 3 heterocycles. The highest BCUT2D eigenvalue weighted by atomic mass is 32.2. The number of aromatic carboxylic acids is 1. The van der Waals surface area contributed by atoms with E-state index >= 15 is 0 Å². The first-order valence-corrected chi connectivity index (χ1v) is 10.4. The predicted octanol–water partition coefficient (Wildman–Crippen LogP) is 1.13. The van der Waals surface area contributed by atoms with Gasteiger partial charge in [0.1, 0.15) is 0 Å². The minimum Gasteiger partial charge on any atom is -0.478 e. The summed E-state index contributed by atoms with van der Waals surface area (Å²) < 4.78 is 33.7. The molecule has 0 unspecified atom stereocenters. The van der Waals surface area contributed by atoms with Gasteiger partial charge in [0.2, 0.25) is 15.9 Å². The summed E-state index contributed by atoms with van der Waals surface area (Å²) in [5.74, 6) is -0.964. The number of carbonyl (C=O) groups excluding carboxylic acids is 1. The lowest BCUT2D eigenvalue weighted by Crippen LogP contribution is -2.51. The van der Waals surface area contributed by atoms with Crippen LogP contribution in [0.5, 0.6) is 0 Å². The lowest BCUT2D eigenvalue weighted by atomic mass is 10.0. The molecule has 9 heteroatoms. The molecule has 1 spiro atoms. The van der Waals surface area contributed by atoms with Gasteiger partial charge in [0, 0.05) is 19.4 Å². The molecular weight excluding hydrogens is 372 g/mol. The average molecular weight is 394 g/mol. The van der Waals surface area contributed by atoms with Crippen LogP contribution in [0.3, 0.4) is 0 Å². The predicted molar refractivity (Wildman–Crippen MR) is 94.5 cm³/mol. The van der Waals surface area contributed by atoms with Crippen LogP contribution in [0.25, 0.3) is 0 Å². The molecule has 8 nitrogen and oxygen atoms in total. The van der Waals surface area contributed by atoms with Gasteiger partial charge in [0.25, 0.3) is 0 Å². The van der Waals surface area contributed by atoms with Crippen molar-refractivity contribution in [2.24, 2.45) is 5.92 Å². The van der Waals surface area contributed by atoms with E-state index in [9.17, 15) is 18.0 Å². The highest BCUT2D eigenvalue weighted by molar-refractivity contribution is 7.89. The fraction of sp³-hybridized carbons (Fsp3) is 0.556. The van der Waals surface area contributed by atoms with E-state index in [-0.39, 0.29) is 41.3 Å². The topological polar surface area (TPSA) is 104 Å². The van der Waals surface area contributed by atoms with Gasteiger partial charge in [-0.2, -0.15) is 4.31 Å². The maximum absolute atomic E-state index is 13.2. The van der Waals surface area contributed by atoms with Crippen molar-refractivity contribution in [1.82, 2.24) is 9.21 Å². The van der Waals surface area contributed by atoms with Gasteiger partial charge < -0.3 is 14.7 Å². The fourth-order valence-electron chi connectivity index (χ4n) is 4.53. The van der Waals surface area contributed by atoms with Crippen LogP contribution in [0.15, 0.2) is 29.2 Å². The Hall–Kier alpha value is -1.97. The van der Waals surface area contributed by atoms with Crippen LogP contribution in [0.2, 0.25) is 0 Å². The van der Waals surface area contributed by atoms with E-state index in [1.807, 2.05) is 13.8 Å². The molecule has 3 aliphatic rings. The van der Waals surface area contributed by atoms with E-state index in [0.29, 0.717) is 13.0 Å². The number of hydrogen-bond acceptors (Lipinski definition) is 5. The summed E-state index contributed by atoms with van der Waals surface area (Å²) in [5.41, 5.74) is -0.854. The van der Waals surface area contributed by atoms with Crippen LogP contribution in [0, 0.1) is 5.92 Å². The molecule has 3 aliphatic heterocycles. The number of rotatable bonds is 4. The highest BCUT2D eigenvalue weighted by Crippen LogP contribution is 2.50. The molecule has 3 fully saturated rings. The fourth-order valence-corrected chi connectivity index (χ4v) is 6.18. The largest absolute Gasteiger partial charge is 0.478 e. The molecular formula is C18H22N2O6S. The average Bonchev–Trinajstić information content (AvgIpc) is 3.24. The number of hydrogen-bond donors (Lipinski definition) is 1. The molecule has 0 aromatic heterocycles. The summed E-state index contributed by atoms with van der Waals surface area (Å²) in [6.07, 6.45) is 0.550. The monoisotopic (exact) mass is 394 g/mol. The van der Waals surface area contributed by atoms with Gasteiger partial charge in [0.05, 0.1) is 29.1 Å². The first kappa shape index (κ1) is 18.4. The Morgan fingerprint density at radius 2 is 1.96 bits per heavy atom. The third kappa shape index (κ3) is 2.52. The normalized spacial score (nSPS) is 30.8. The quantitative estimate of drug-likeness (QED) is 0.821. The van der Waals surface area contributed by atoms with Gasteiger partial charge in [-0.3, -0.25) is 4.79 Å². The second kappa shape index (κ2) is 6.02. The van der Waals surface area contributed by atoms with Crippen molar-refractivity contribution in [3.8, 4) is 0 Å². The Bertz CT molecular complexity index is 897.